The Bertz CT molecular complexity index is 1000. The zero-order valence-electron chi connectivity index (χ0n) is 20.5. The van der Waals surface area contributed by atoms with E-state index >= 15 is 0 Å². The molecule has 0 aromatic heterocycles. The van der Waals surface area contributed by atoms with Crippen LogP contribution in [0.25, 0.3) is 6.08 Å². The highest BCUT2D eigenvalue weighted by Gasteiger charge is 2.19. The largest absolute Gasteiger partial charge is 0.493 e. The van der Waals surface area contributed by atoms with E-state index in [-0.39, 0.29) is 18.4 Å². The van der Waals surface area contributed by atoms with E-state index in [1.165, 1.54) is 6.08 Å². The molecule has 2 unspecified atom stereocenters. The van der Waals surface area contributed by atoms with Gasteiger partial charge in [-0.25, -0.2) is 0 Å². The number of carbonyl (C=O) groups is 1. The number of ether oxygens (including phenoxy) is 6. The van der Waals surface area contributed by atoms with E-state index in [4.69, 9.17) is 28.4 Å². The van der Waals surface area contributed by atoms with E-state index in [1.807, 2.05) is 25.1 Å². The van der Waals surface area contributed by atoms with Crippen molar-refractivity contribution in [2.45, 2.75) is 58.0 Å². The minimum Gasteiger partial charge on any atom is -0.493 e. The topological polar surface area (TPSA) is 72.5 Å². The summed E-state index contributed by atoms with van der Waals surface area (Å²) in [4.78, 5) is 13.0. The Labute approximate surface area is 206 Å². The number of rotatable bonds is 10. The normalized spacial score (nSPS) is 20.4. The Hall–Kier alpha value is -3.03. The van der Waals surface area contributed by atoms with Crippen LogP contribution in [-0.2, 0) is 9.47 Å². The lowest BCUT2D eigenvalue weighted by molar-refractivity contribution is -0.106. The van der Waals surface area contributed by atoms with Crippen LogP contribution in [0.5, 0.6) is 23.0 Å². The fraction of sp³-hybridized carbons (Fsp3) is 0.464. The average Bonchev–Trinajstić information content (AvgIpc) is 2.89. The van der Waals surface area contributed by atoms with Crippen LogP contribution in [0.1, 0.15) is 61.4 Å². The molecule has 7 nitrogen and oxygen atoms in total. The molecule has 188 valence electrons. The van der Waals surface area contributed by atoms with Crippen molar-refractivity contribution in [3.05, 3.63) is 53.6 Å². The van der Waals surface area contributed by atoms with Crippen molar-refractivity contribution in [1.82, 2.24) is 0 Å². The maximum Gasteiger partial charge on any atom is 0.200 e. The number of hydrogen-bond acceptors (Lipinski definition) is 7. The number of benzene rings is 2. The predicted octanol–water partition coefficient (Wildman–Crippen LogP) is 5.80. The van der Waals surface area contributed by atoms with Gasteiger partial charge in [0.25, 0.3) is 0 Å². The van der Waals surface area contributed by atoms with Crippen LogP contribution in [0.3, 0.4) is 0 Å². The number of ketones is 1. The first-order valence-corrected chi connectivity index (χ1v) is 12.4. The second-order valence-electron chi connectivity index (χ2n) is 8.53. The smallest absolute Gasteiger partial charge is 0.200 e. The van der Waals surface area contributed by atoms with Gasteiger partial charge in [0, 0.05) is 18.9 Å². The van der Waals surface area contributed by atoms with Crippen LogP contribution >= 0.6 is 0 Å². The van der Waals surface area contributed by atoms with Gasteiger partial charge in [0.05, 0.1) is 32.5 Å². The van der Waals surface area contributed by atoms with Crippen molar-refractivity contribution in [1.29, 1.82) is 0 Å². The van der Waals surface area contributed by atoms with Crippen molar-refractivity contribution < 1.29 is 33.2 Å². The monoisotopic (exact) mass is 482 g/mol. The van der Waals surface area contributed by atoms with Gasteiger partial charge < -0.3 is 28.4 Å². The van der Waals surface area contributed by atoms with Gasteiger partial charge in [0.1, 0.15) is 11.5 Å². The highest BCUT2D eigenvalue weighted by molar-refractivity contribution is 6.08. The highest BCUT2D eigenvalue weighted by atomic mass is 16.7. The Balaban J connectivity index is 1.47. The standard InChI is InChI=1S/C28H34O7/c1-3-31-25-19-21(34-27-8-4-6-16-32-27)12-13-22(25)23(29)14-10-20-11-15-24(30-2)26(18-20)35-28-9-5-7-17-33-28/h10-15,18-19,27-28H,3-9,16-17H2,1-2H3/b14-10+. The Morgan fingerprint density at radius 1 is 0.914 bits per heavy atom. The first kappa shape index (κ1) is 25.1. The average molecular weight is 483 g/mol. The van der Waals surface area contributed by atoms with E-state index in [1.54, 1.807) is 31.4 Å². The second kappa shape index (κ2) is 12.6. The molecule has 2 aliphatic rings. The fourth-order valence-corrected chi connectivity index (χ4v) is 4.11. The summed E-state index contributed by atoms with van der Waals surface area (Å²) >= 11 is 0. The molecule has 2 aromatic carbocycles. The summed E-state index contributed by atoms with van der Waals surface area (Å²) in [5.41, 5.74) is 1.29. The van der Waals surface area contributed by atoms with E-state index in [9.17, 15) is 4.79 Å². The third-order valence-electron chi connectivity index (χ3n) is 5.93. The Morgan fingerprint density at radius 2 is 1.66 bits per heavy atom. The van der Waals surface area contributed by atoms with Gasteiger partial charge in [0.2, 0.25) is 0 Å². The maximum absolute atomic E-state index is 13.0. The summed E-state index contributed by atoms with van der Waals surface area (Å²) < 4.78 is 34.5. The molecule has 0 bridgehead atoms. The first-order chi connectivity index (χ1) is 17.2. The minimum atomic E-state index is -0.285. The molecule has 2 aromatic rings. The van der Waals surface area contributed by atoms with Gasteiger partial charge in [0.15, 0.2) is 29.9 Å². The van der Waals surface area contributed by atoms with Crippen LogP contribution in [0, 0.1) is 0 Å². The third-order valence-corrected chi connectivity index (χ3v) is 5.93. The maximum atomic E-state index is 13.0. The van der Waals surface area contributed by atoms with Gasteiger partial charge in [-0.2, -0.15) is 0 Å². The highest BCUT2D eigenvalue weighted by Crippen LogP contribution is 2.32. The van der Waals surface area contributed by atoms with E-state index in [0.717, 1.165) is 44.1 Å². The second-order valence-corrected chi connectivity index (χ2v) is 8.53. The lowest BCUT2D eigenvalue weighted by atomic mass is 10.1. The molecule has 0 amide bonds. The van der Waals surface area contributed by atoms with Gasteiger partial charge in [-0.1, -0.05) is 12.1 Å². The number of hydrogen-bond donors (Lipinski definition) is 0. The molecule has 0 radical (unpaired) electrons. The molecule has 2 saturated heterocycles. The molecule has 7 heteroatoms. The van der Waals surface area contributed by atoms with Gasteiger partial charge in [-0.05, 0) is 68.5 Å². The van der Waals surface area contributed by atoms with Crippen LogP contribution < -0.4 is 18.9 Å². The van der Waals surface area contributed by atoms with E-state index in [0.29, 0.717) is 48.4 Å². The quantitative estimate of drug-likeness (QED) is 0.313. The van der Waals surface area contributed by atoms with Crippen molar-refractivity contribution in [2.24, 2.45) is 0 Å². The number of methoxy groups -OCH3 is 1. The van der Waals surface area contributed by atoms with Gasteiger partial charge in [-0.15, -0.1) is 0 Å². The third kappa shape index (κ3) is 6.99. The zero-order chi connectivity index (χ0) is 24.5. The lowest BCUT2D eigenvalue weighted by Gasteiger charge is -2.24. The van der Waals surface area contributed by atoms with Crippen LogP contribution in [-0.4, -0.2) is 45.3 Å². The first-order valence-electron chi connectivity index (χ1n) is 12.4. The molecule has 0 spiro atoms. The molecule has 2 aliphatic heterocycles. The lowest BCUT2D eigenvalue weighted by Crippen LogP contribution is -2.25. The van der Waals surface area contributed by atoms with Gasteiger partial charge in [-0.3, -0.25) is 4.79 Å². The molecule has 2 heterocycles. The van der Waals surface area contributed by atoms with Gasteiger partial charge >= 0.3 is 0 Å². The van der Waals surface area contributed by atoms with Crippen molar-refractivity contribution in [2.75, 3.05) is 26.9 Å². The predicted molar refractivity (Wildman–Crippen MR) is 132 cm³/mol. The summed E-state index contributed by atoms with van der Waals surface area (Å²) in [6.07, 6.45) is 8.70. The van der Waals surface area contributed by atoms with E-state index < -0.39 is 0 Å². The fourth-order valence-electron chi connectivity index (χ4n) is 4.11. The molecular weight excluding hydrogens is 448 g/mol. The van der Waals surface area contributed by atoms with Crippen molar-refractivity contribution in [3.63, 3.8) is 0 Å². The van der Waals surface area contributed by atoms with E-state index in [2.05, 4.69) is 0 Å². The zero-order valence-corrected chi connectivity index (χ0v) is 20.5. The van der Waals surface area contributed by atoms with Crippen molar-refractivity contribution >= 4 is 11.9 Å². The molecule has 4 rings (SSSR count). The number of allylic oxidation sites excluding steroid dienone is 1. The summed E-state index contributed by atoms with van der Waals surface area (Å²) in [7, 11) is 1.60. The van der Waals surface area contributed by atoms with Crippen LogP contribution in [0.15, 0.2) is 42.5 Å². The SMILES string of the molecule is CCOc1cc(OC2CCCCO2)ccc1C(=O)/C=C/c1ccc(OC)c(OC2CCCCO2)c1. The van der Waals surface area contributed by atoms with Crippen LogP contribution in [0.2, 0.25) is 0 Å². The Morgan fingerprint density at radius 3 is 2.31 bits per heavy atom. The summed E-state index contributed by atoms with van der Waals surface area (Å²) in [5.74, 6) is 2.17. The summed E-state index contributed by atoms with van der Waals surface area (Å²) in [5, 5.41) is 0. The Kier molecular flexibility index (Phi) is 9.03. The van der Waals surface area contributed by atoms with Crippen molar-refractivity contribution in [3.8, 4) is 23.0 Å². The molecule has 35 heavy (non-hydrogen) atoms. The minimum absolute atomic E-state index is 0.164. The molecule has 2 atom stereocenters. The molecule has 0 N–H and O–H groups in total. The molecule has 2 fully saturated rings. The molecule has 0 saturated carbocycles. The molecular formula is C28H34O7. The van der Waals surface area contributed by atoms with Crippen LogP contribution in [0.4, 0.5) is 0 Å². The summed E-state index contributed by atoms with van der Waals surface area (Å²) in [6.45, 7) is 3.73. The molecule has 0 aliphatic carbocycles. The summed E-state index contributed by atoms with van der Waals surface area (Å²) in [6, 6.07) is 10.8. The number of carbonyl (C=O) groups excluding carboxylic acids is 1.